The molecule has 2 aliphatic rings. The van der Waals surface area contributed by atoms with Gasteiger partial charge in [-0.05, 0) is 12.1 Å². The number of carbonyl (C=O) groups is 1. The highest BCUT2D eigenvalue weighted by atomic mass is 16.8. The predicted octanol–water partition coefficient (Wildman–Crippen LogP) is -0.890. The van der Waals surface area contributed by atoms with Crippen LogP contribution in [0.4, 0.5) is 11.6 Å². The van der Waals surface area contributed by atoms with Crippen LogP contribution in [-0.2, 0) is 30.2 Å². The molecule has 39 heavy (non-hydrogen) atoms. The lowest BCUT2D eigenvalue weighted by molar-refractivity contribution is -0.171. The third kappa shape index (κ3) is 5.05. The summed E-state index contributed by atoms with van der Waals surface area (Å²) in [4.78, 5) is 44.4. The zero-order valence-electron chi connectivity index (χ0n) is 20.7. The van der Waals surface area contributed by atoms with Crippen LogP contribution in [0.2, 0.25) is 0 Å². The minimum Gasteiger partial charge on any atom is -0.460 e. The van der Waals surface area contributed by atoms with E-state index < -0.39 is 54.7 Å². The summed E-state index contributed by atoms with van der Waals surface area (Å²) in [6.07, 6.45) is -1.37. The Balaban J connectivity index is 1.26. The Labute approximate surface area is 220 Å². The van der Waals surface area contributed by atoms with Crippen molar-refractivity contribution in [1.82, 2.24) is 19.1 Å². The maximum atomic E-state index is 13.4. The Hall–Kier alpha value is -4.02. The molecular formula is C24H28N6O9. The first-order valence-corrected chi connectivity index (χ1v) is 12.1. The number of H-pyrrole nitrogens is 1. The summed E-state index contributed by atoms with van der Waals surface area (Å²) in [5.74, 6) is -0.216. The molecule has 5 heterocycles. The average Bonchev–Trinajstić information content (AvgIpc) is 3.55. The first kappa shape index (κ1) is 26.6. The van der Waals surface area contributed by atoms with Crippen molar-refractivity contribution in [2.75, 3.05) is 37.9 Å². The summed E-state index contributed by atoms with van der Waals surface area (Å²) in [5, 5.41) is 9.90. The van der Waals surface area contributed by atoms with Crippen molar-refractivity contribution >= 4 is 28.6 Å². The molecule has 15 heteroatoms. The fraction of sp³-hybridized carbons (Fsp3) is 0.417. The number of anilines is 2. The average molecular weight is 545 g/mol. The van der Waals surface area contributed by atoms with Crippen molar-refractivity contribution in [3.8, 4) is 0 Å². The third-order valence-electron chi connectivity index (χ3n) is 6.36. The van der Waals surface area contributed by atoms with Gasteiger partial charge in [0, 0.05) is 18.8 Å². The fourth-order valence-corrected chi connectivity index (χ4v) is 4.69. The van der Waals surface area contributed by atoms with Crippen LogP contribution >= 0.6 is 0 Å². The Bertz CT molecular complexity index is 1480. The number of nitrogens with zero attached hydrogens (tertiary/aromatic N) is 3. The van der Waals surface area contributed by atoms with E-state index in [1.165, 1.54) is 39.6 Å². The molecule has 15 nitrogen and oxygen atoms in total. The van der Waals surface area contributed by atoms with Crippen molar-refractivity contribution in [2.45, 2.75) is 37.4 Å². The summed E-state index contributed by atoms with van der Waals surface area (Å²) in [5.41, 5.74) is 10.9. The maximum absolute atomic E-state index is 13.4. The summed E-state index contributed by atoms with van der Waals surface area (Å²) in [7, 11) is 0. The maximum Gasteiger partial charge on any atom is 0.339 e. The van der Waals surface area contributed by atoms with E-state index >= 15 is 0 Å². The van der Waals surface area contributed by atoms with Gasteiger partial charge in [0.2, 0.25) is 0 Å². The number of aromatic nitrogens is 4. The monoisotopic (exact) mass is 544 g/mol. The number of rotatable bonds is 10. The van der Waals surface area contributed by atoms with Crippen LogP contribution in [0.15, 0.2) is 46.6 Å². The number of hydrogen-bond donors (Lipinski definition) is 4. The third-order valence-corrected chi connectivity index (χ3v) is 6.36. The molecule has 0 spiro atoms. The highest BCUT2D eigenvalue weighted by Gasteiger charge is 2.54. The molecule has 5 atom stereocenters. The summed E-state index contributed by atoms with van der Waals surface area (Å²) in [6.45, 7) is 3.35. The van der Waals surface area contributed by atoms with E-state index in [0.29, 0.717) is 0 Å². The Morgan fingerprint density at radius 1 is 1.21 bits per heavy atom. The van der Waals surface area contributed by atoms with Crippen LogP contribution in [0, 0.1) is 0 Å². The van der Waals surface area contributed by atoms with E-state index in [1.54, 1.807) is 0 Å². The van der Waals surface area contributed by atoms with Gasteiger partial charge in [-0.2, -0.15) is 0 Å². The van der Waals surface area contributed by atoms with Gasteiger partial charge in [-0.15, -0.1) is 6.58 Å². The number of esters is 1. The number of pyridine rings is 2. The molecule has 0 aliphatic carbocycles. The van der Waals surface area contributed by atoms with Gasteiger partial charge in [-0.3, -0.25) is 13.9 Å². The molecule has 0 bridgehead atoms. The Morgan fingerprint density at radius 2 is 2.00 bits per heavy atom. The van der Waals surface area contributed by atoms with Crippen molar-refractivity contribution in [1.29, 1.82) is 0 Å². The van der Waals surface area contributed by atoms with Crippen LogP contribution < -0.4 is 22.7 Å². The molecule has 5 rings (SSSR count). The fourth-order valence-electron chi connectivity index (χ4n) is 4.69. The number of allylic oxidation sites excluding steroid dienone is 1. The highest BCUT2D eigenvalue weighted by Crippen LogP contribution is 2.40. The van der Waals surface area contributed by atoms with Gasteiger partial charge in [0.1, 0.15) is 42.1 Å². The quantitative estimate of drug-likeness (QED) is 0.139. The molecule has 0 amide bonds. The minimum absolute atomic E-state index is 0.0153. The second-order valence-electron chi connectivity index (χ2n) is 8.90. The summed E-state index contributed by atoms with van der Waals surface area (Å²) < 4.78 is 31.1. The topological polar surface area (TPSA) is 208 Å². The van der Waals surface area contributed by atoms with Gasteiger partial charge in [-0.1, -0.05) is 6.08 Å². The molecule has 2 fully saturated rings. The van der Waals surface area contributed by atoms with Crippen molar-refractivity contribution < 1.29 is 33.6 Å². The van der Waals surface area contributed by atoms with Gasteiger partial charge in [-0.25, -0.2) is 14.6 Å². The van der Waals surface area contributed by atoms with Gasteiger partial charge in [0.05, 0.1) is 30.9 Å². The van der Waals surface area contributed by atoms with Crippen LogP contribution in [0.3, 0.4) is 0 Å². The number of nitrogens with two attached hydrogens (primary N) is 2. The molecule has 208 valence electrons. The lowest BCUT2D eigenvalue weighted by Gasteiger charge is -2.20. The number of aliphatic hydroxyl groups excluding tert-OH is 1. The van der Waals surface area contributed by atoms with Gasteiger partial charge >= 0.3 is 11.7 Å². The number of nitrogens with one attached hydrogen (secondary N) is 1. The Morgan fingerprint density at radius 3 is 2.72 bits per heavy atom. The molecular weight excluding hydrogens is 516 g/mol. The number of carbonyl (C=O) groups excluding carboxylic acids is 1. The van der Waals surface area contributed by atoms with Gasteiger partial charge < -0.3 is 45.2 Å². The lowest BCUT2D eigenvalue weighted by Crippen LogP contribution is -2.34. The number of hydrogen-bond acceptors (Lipinski definition) is 12. The van der Waals surface area contributed by atoms with Crippen LogP contribution in [0.25, 0.3) is 11.0 Å². The van der Waals surface area contributed by atoms with E-state index in [1.807, 2.05) is 0 Å². The van der Waals surface area contributed by atoms with Gasteiger partial charge in [0.15, 0.2) is 12.5 Å². The molecule has 2 saturated heterocycles. The van der Waals surface area contributed by atoms with Crippen molar-refractivity contribution in [3.63, 3.8) is 0 Å². The second-order valence-corrected chi connectivity index (χ2v) is 8.90. The molecule has 0 saturated carbocycles. The van der Waals surface area contributed by atoms with E-state index in [-0.39, 0.29) is 54.6 Å². The molecule has 0 radical (unpaired) electrons. The number of fused-ring (bicyclic) bond motifs is 2. The molecule has 1 unspecified atom stereocenters. The normalized spacial score (nSPS) is 24.2. The van der Waals surface area contributed by atoms with Crippen LogP contribution in [0.1, 0.15) is 16.6 Å². The summed E-state index contributed by atoms with van der Waals surface area (Å²) >= 11 is 0. The number of aliphatic hydroxyl groups is 1. The first-order valence-electron chi connectivity index (χ1n) is 12.1. The zero-order chi connectivity index (χ0) is 27.7. The van der Waals surface area contributed by atoms with Crippen molar-refractivity contribution in [3.05, 3.63) is 63.5 Å². The molecule has 2 aliphatic heterocycles. The first-order chi connectivity index (χ1) is 18.8. The van der Waals surface area contributed by atoms with Crippen molar-refractivity contribution in [2.24, 2.45) is 0 Å². The molecule has 6 N–H and O–H groups in total. The minimum atomic E-state index is -1.02. The molecule has 0 aromatic carbocycles. The smallest absolute Gasteiger partial charge is 0.339 e. The van der Waals surface area contributed by atoms with Crippen LogP contribution in [0.5, 0.6) is 0 Å². The van der Waals surface area contributed by atoms with Gasteiger partial charge in [0.25, 0.3) is 5.56 Å². The number of imidazole rings is 1. The number of ether oxygens (including phenoxy) is 5. The van der Waals surface area contributed by atoms with E-state index in [0.717, 1.165) is 0 Å². The SMILES string of the molecule is C=CCn1c(=O)n([C@@H]2O[C@H](CO)[C@H]3OC(COCCOC(=O)c4ccc(N)nc4)O[C@H]32)c2cc(N)[nH]c(=O)c21. The molecule has 3 aromatic heterocycles. The second kappa shape index (κ2) is 11.0. The largest absolute Gasteiger partial charge is 0.460 e. The molecule has 3 aromatic rings. The predicted molar refractivity (Wildman–Crippen MR) is 136 cm³/mol. The van der Waals surface area contributed by atoms with Crippen LogP contribution in [-0.4, -0.2) is 81.2 Å². The highest BCUT2D eigenvalue weighted by molar-refractivity contribution is 5.89. The zero-order valence-corrected chi connectivity index (χ0v) is 20.7. The number of nitrogen functional groups attached to an aromatic ring is 2. The van der Waals surface area contributed by atoms with E-state index in [4.69, 9.17) is 35.2 Å². The lowest BCUT2D eigenvalue weighted by atomic mass is 10.1. The summed E-state index contributed by atoms with van der Waals surface area (Å²) in [6, 6.07) is 4.46. The standard InChI is InChI=1S/C24H28N6O9/c1-2-5-29-18-13(8-16(26)28-21(18)32)30(24(29)34)22-20-19(14(10-31)37-22)38-17(39-20)11-35-6-7-36-23(33)12-3-4-15(25)27-9-12/h2-4,8-9,14,17,19-20,22,31H,1,5-7,10-11H2,(H2,25,27)(H3,26,28,32)/t14-,17?,19-,20-,22-/m1/s1. The van der Waals surface area contributed by atoms with E-state index in [9.17, 15) is 19.5 Å². The Kier molecular flexibility index (Phi) is 7.49. The van der Waals surface area contributed by atoms with E-state index in [2.05, 4.69) is 16.5 Å². The number of aromatic amines is 1.